The third-order valence-electron chi connectivity index (χ3n) is 3.86. The van der Waals surface area contributed by atoms with Crippen LogP contribution in [0.2, 0.25) is 0 Å². The maximum Gasteiger partial charge on any atom is 0.248 e. The first-order valence-electron chi connectivity index (χ1n) is 8.05. The maximum absolute atomic E-state index is 12.9. The van der Waals surface area contributed by atoms with E-state index in [-0.39, 0.29) is 11.7 Å². The zero-order valence-electron chi connectivity index (χ0n) is 14.2. The monoisotopic (exact) mass is 374 g/mol. The second-order valence-electron chi connectivity index (χ2n) is 5.78. The number of thioether (sulfide) groups is 1. The molecule has 6 heteroatoms. The summed E-state index contributed by atoms with van der Waals surface area (Å²) in [5.74, 6) is 0.481. The molecule has 0 aliphatic carbocycles. The summed E-state index contributed by atoms with van der Waals surface area (Å²) in [7, 11) is 1.95. The van der Waals surface area contributed by atoms with Crippen molar-refractivity contribution < 1.29 is 9.18 Å². The van der Waals surface area contributed by atoms with Crippen molar-refractivity contribution in [2.75, 3.05) is 5.75 Å². The maximum atomic E-state index is 12.9. The largest absolute Gasteiger partial charge is 0.319 e. The molecule has 1 heterocycles. The topological polar surface area (TPSA) is 34.4 Å². The van der Waals surface area contributed by atoms with Gasteiger partial charge in [0.25, 0.3) is 0 Å². The number of benzene rings is 2. The van der Waals surface area contributed by atoms with Crippen LogP contribution in [0.15, 0.2) is 52.4 Å². The molecule has 0 radical (unpaired) electrons. The molecular formula is C19H19FN2OS2. The molecule has 1 amide bonds. The molecule has 130 valence electrons. The lowest BCUT2D eigenvalue weighted by Crippen LogP contribution is -2.13. The molecule has 0 atom stereocenters. The van der Waals surface area contributed by atoms with Crippen molar-refractivity contribution in [3.05, 3.63) is 58.6 Å². The lowest BCUT2D eigenvalue weighted by atomic mass is 10.2. The van der Waals surface area contributed by atoms with Gasteiger partial charge in [-0.05, 0) is 55.0 Å². The van der Waals surface area contributed by atoms with E-state index in [9.17, 15) is 9.18 Å². The molecule has 2 aromatic carbocycles. The Morgan fingerprint density at radius 2 is 2.00 bits per heavy atom. The number of carbonyl (C=O) groups excluding carboxylic acids is 1. The van der Waals surface area contributed by atoms with Crippen molar-refractivity contribution in [2.45, 2.75) is 24.7 Å². The van der Waals surface area contributed by atoms with Gasteiger partial charge < -0.3 is 4.57 Å². The molecule has 0 aliphatic heterocycles. The first-order chi connectivity index (χ1) is 12.0. The molecular weight excluding hydrogens is 355 g/mol. The predicted octanol–water partition coefficient (Wildman–Crippen LogP) is 4.69. The Morgan fingerprint density at radius 3 is 2.72 bits per heavy atom. The van der Waals surface area contributed by atoms with E-state index in [0.717, 1.165) is 32.1 Å². The number of para-hydroxylation sites is 1. The van der Waals surface area contributed by atoms with E-state index in [0.29, 0.717) is 6.42 Å². The molecule has 3 rings (SSSR count). The molecule has 0 N–H and O–H groups in total. The number of hydrogen-bond donors (Lipinski definition) is 0. The van der Waals surface area contributed by atoms with Crippen LogP contribution in [0.25, 0.3) is 10.2 Å². The standard InChI is InChI=1S/C19H19FN2OS2/c1-13-5-3-6-16-18(13)22(2)19(25-16)21-17(23)7-4-12-24-15-10-8-14(20)9-11-15/h3,5-6,8-11H,4,7,12H2,1-2H3. The van der Waals surface area contributed by atoms with Crippen LogP contribution in [0, 0.1) is 12.7 Å². The van der Waals surface area contributed by atoms with Crippen molar-refractivity contribution in [3.8, 4) is 0 Å². The highest BCUT2D eigenvalue weighted by Crippen LogP contribution is 2.21. The SMILES string of the molecule is Cc1cccc2sc(=NC(=O)CCCSc3ccc(F)cc3)n(C)c12. The normalized spacial score (nSPS) is 12.0. The number of hydrogen-bond acceptors (Lipinski definition) is 3. The van der Waals surface area contributed by atoms with Crippen LogP contribution >= 0.6 is 23.1 Å². The van der Waals surface area contributed by atoms with Crippen LogP contribution in [0.1, 0.15) is 18.4 Å². The highest BCUT2D eigenvalue weighted by atomic mass is 32.2. The quantitative estimate of drug-likeness (QED) is 0.480. The average Bonchev–Trinajstić information content (AvgIpc) is 2.90. The van der Waals surface area contributed by atoms with Crippen LogP contribution < -0.4 is 4.80 Å². The smallest absolute Gasteiger partial charge is 0.248 e. The highest BCUT2D eigenvalue weighted by molar-refractivity contribution is 7.99. The number of halogens is 1. The summed E-state index contributed by atoms with van der Waals surface area (Å²) in [4.78, 5) is 18.2. The summed E-state index contributed by atoms with van der Waals surface area (Å²) in [5, 5.41) is 0. The molecule has 0 bridgehead atoms. The molecule has 3 nitrogen and oxygen atoms in total. The molecule has 0 unspecified atom stereocenters. The Bertz CT molecular complexity index is 958. The minimum absolute atomic E-state index is 0.0977. The first kappa shape index (κ1) is 17.9. The molecule has 0 aliphatic rings. The van der Waals surface area contributed by atoms with Crippen molar-refractivity contribution in [2.24, 2.45) is 12.0 Å². The summed E-state index contributed by atoms with van der Waals surface area (Å²) in [6.07, 6.45) is 1.17. The number of amides is 1. The minimum atomic E-state index is -0.232. The molecule has 1 aromatic heterocycles. The van der Waals surface area contributed by atoms with Crippen molar-refractivity contribution in [1.29, 1.82) is 0 Å². The lowest BCUT2D eigenvalue weighted by Gasteiger charge is -2.00. The predicted molar refractivity (Wildman–Crippen MR) is 102 cm³/mol. The molecule has 0 saturated heterocycles. The van der Waals surface area contributed by atoms with Gasteiger partial charge in [0.15, 0.2) is 4.80 Å². The van der Waals surface area contributed by atoms with Crippen LogP contribution in [0.3, 0.4) is 0 Å². The molecule has 25 heavy (non-hydrogen) atoms. The lowest BCUT2D eigenvalue weighted by molar-refractivity contribution is -0.118. The zero-order chi connectivity index (χ0) is 17.8. The average molecular weight is 375 g/mol. The summed E-state index contributed by atoms with van der Waals surface area (Å²) in [6.45, 7) is 2.06. The van der Waals surface area contributed by atoms with Crippen molar-refractivity contribution in [1.82, 2.24) is 4.57 Å². The van der Waals surface area contributed by atoms with E-state index in [1.807, 2.05) is 17.7 Å². The summed E-state index contributed by atoms with van der Waals surface area (Å²) in [6, 6.07) is 12.5. The van der Waals surface area contributed by atoms with Gasteiger partial charge in [-0.3, -0.25) is 4.79 Å². The van der Waals surface area contributed by atoms with Gasteiger partial charge in [-0.1, -0.05) is 23.5 Å². The van der Waals surface area contributed by atoms with Gasteiger partial charge in [0.05, 0.1) is 10.2 Å². The second-order valence-corrected chi connectivity index (χ2v) is 7.95. The van der Waals surface area contributed by atoms with Gasteiger partial charge in [-0.2, -0.15) is 4.99 Å². The molecule has 3 aromatic rings. The Morgan fingerprint density at radius 1 is 1.24 bits per heavy atom. The van der Waals surface area contributed by atoms with E-state index in [1.165, 1.54) is 29.0 Å². The molecule has 0 fully saturated rings. The first-order valence-corrected chi connectivity index (χ1v) is 9.86. The number of aryl methyl sites for hydroxylation is 2. The van der Waals surface area contributed by atoms with Gasteiger partial charge in [0.2, 0.25) is 5.91 Å². The van der Waals surface area contributed by atoms with Gasteiger partial charge in [0.1, 0.15) is 5.82 Å². The Kier molecular flexibility index (Phi) is 5.71. The van der Waals surface area contributed by atoms with Crippen molar-refractivity contribution in [3.63, 3.8) is 0 Å². The number of nitrogens with zero attached hydrogens (tertiary/aromatic N) is 2. The van der Waals surface area contributed by atoms with Crippen LogP contribution in [0.5, 0.6) is 0 Å². The van der Waals surface area contributed by atoms with E-state index >= 15 is 0 Å². The van der Waals surface area contributed by atoms with E-state index < -0.39 is 0 Å². The van der Waals surface area contributed by atoms with Gasteiger partial charge >= 0.3 is 0 Å². The van der Waals surface area contributed by atoms with Crippen LogP contribution in [-0.4, -0.2) is 16.2 Å². The second kappa shape index (κ2) is 7.97. The minimum Gasteiger partial charge on any atom is -0.319 e. The van der Waals surface area contributed by atoms with Crippen LogP contribution in [0.4, 0.5) is 4.39 Å². The summed E-state index contributed by atoms with van der Waals surface area (Å²) < 4.78 is 16.0. The molecule has 0 saturated carbocycles. The van der Waals surface area contributed by atoms with E-state index in [2.05, 4.69) is 24.0 Å². The summed E-state index contributed by atoms with van der Waals surface area (Å²) in [5.41, 5.74) is 2.31. The van der Waals surface area contributed by atoms with Gasteiger partial charge in [-0.15, -0.1) is 11.8 Å². The third-order valence-corrected chi connectivity index (χ3v) is 6.06. The number of aromatic nitrogens is 1. The van der Waals surface area contributed by atoms with E-state index in [4.69, 9.17) is 0 Å². The zero-order valence-corrected chi connectivity index (χ0v) is 15.8. The fraction of sp³-hybridized carbons (Fsp3) is 0.263. The molecule has 0 spiro atoms. The fourth-order valence-electron chi connectivity index (χ4n) is 2.61. The van der Waals surface area contributed by atoms with Crippen LogP contribution in [-0.2, 0) is 11.8 Å². The van der Waals surface area contributed by atoms with Gasteiger partial charge in [0, 0.05) is 18.4 Å². The Hall–Kier alpha value is -1.92. The Balaban J connectivity index is 1.60. The van der Waals surface area contributed by atoms with E-state index in [1.54, 1.807) is 23.9 Å². The number of carbonyl (C=O) groups is 1. The number of rotatable bonds is 5. The third kappa shape index (κ3) is 4.38. The number of fused-ring (bicyclic) bond motifs is 1. The van der Waals surface area contributed by atoms with Gasteiger partial charge in [-0.25, -0.2) is 4.39 Å². The summed E-state index contributed by atoms with van der Waals surface area (Å²) >= 11 is 3.16. The Labute approximate surface area is 154 Å². The highest BCUT2D eigenvalue weighted by Gasteiger charge is 2.07. The fourth-order valence-corrected chi connectivity index (χ4v) is 4.58. The number of thiazole rings is 1. The van der Waals surface area contributed by atoms with Crippen molar-refractivity contribution >= 4 is 39.2 Å².